The number of nitrogen functional groups attached to an aromatic ring is 1. The third-order valence-corrected chi connectivity index (χ3v) is 5.75. The van der Waals surface area contributed by atoms with E-state index in [-0.39, 0.29) is 23.5 Å². The van der Waals surface area contributed by atoms with E-state index in [0.717, 1.165) is 0 Å². The van der Waals surface area contributed by atoms with Crippen molar-refractivity contribution in [2.45, 2.75) is 19.4 Å². The standard InChI is InChI=1S/C24H19FN6O2/c1-13-17-9-15(25)6-7-19(17)31-16(4-3-5-22(31)32)10-18-23(20(11-26)30(2)29-18)14-8-21(33-13)24(27)28-12-14/h3-9,12-13H,10H2,1-2H3,(H2,27,28)/t13-/m1/s1. The number of ether oxygens (including phenoxy) is 1. The quantitative estimate of drug-likeness (QED) is 0.447. The van der Waals surface area contributed by atoms with Crippen molar-refractivity contribution in [1.29, 1.82) is 5.26 Å². The Morgan fingerprint density at radius 2 is 2.09 bits per heavy atom. The predicted octanol–water partition coefficient (Wildman–Crippen LogP) is 3.27. The molecule has 0 radical (unpaired) electrons. The third kappa shape index (κ3) is 3.32. The Morgan fingerprint density at radius 1 is 1.27 bits per heavy atom. The van der Waals surface area contributed by atoms with Crippen molar-refractivity contribution in [3.8, 4) is 28.6 Å². The third-order valence-electron chi connectivity index (χ3n) is 5.75. The number of pyridine rings is 2. The van der Waals surface area contributed by atoms with Crippen LogP contribution in [0, 0.1) is 17.1 Å². The van der Waals surface area contributed by atoms with Crippen LogP contribution in [0.5, 0.6) is 5.75 Å². The number of hydrogen-bond acceptors (Lipinski definition) is 6. The number of benzene rings is 1. The Bertz CT molecular complexity index is 1510. The lowest BCUT2D eigenvalue weighted by atomic mass is 10.0. The Balaban J connectivity index is 1.88. The Morgan fingerprint density at radius 3 is 2.88 bits per heavy atom. The highest BCUT2D eigenvalue weighted by Gasteiger charge is 2.24. The smallest absolute Gasteiger partial charge is 0.255 e. The van der Waals surface area contributed by atoms with Gasteiger partial charge in [-0.15, -0.1) is 0 Å². The van der Waals surface area contributed by atoms with E-state index in [2.05, 4.69) is 16.2 Å². The molecule has 1 aromatic carbocycles. The highest BCUT2D eigenvalue weighted by molar-refractivity contribution is 5.74. The minimum absolute atomic E-state index is 0.155. The number of aryl methyl sites for hydroxylation is 1. The molecule has 3 aromatic heterocycles. The maximum Gasteiger partial charge on any atom is 0.255 e. The second-order valence-electron chi connectivity index (χ2n) is 7.84. The molecule has 1 atom stereocenters. The van der Waals surface area contributed by atoms with Gasteiger partial charge in [0.15, 0.2) is 11.6 Å². The van der Waals surface area contributed by atoms with Crippen LogP contribution in [0.4, 0.5) is 10.2 Å². The molecule has 1 aliphatic heterocycles. The Labute approximate surface area is 188 Å². The summed E-state index contributed by atoms with van der Waals surface area (Å²) in [5, 5.41) is 14.4. The lowest BCUT2D eigenvalue weighted by molar-refractivity contribution is 0.227. The number of nitrogens with zero attached hydrogens (tertiary/aromatic N) is 5. The van der Waals surface area contributed by atoms with Crippen molar-refractivity contribution in [2.24, 2.45) is 7.05 Å². The summed E-state index contributed by atoms with van der Waals surface area (Å²) >= 11 is 0. The number of halogens is 1. The summed E-state index contributed by atoms with van der Waals surface area (Å²) in [6.45, 7) is 1.75. The molecule has 0 unspecified atom stereocenters. The van der Waals surface area contributed by atoms with Gasteiger partial charge >= 0.3 is 0 Å². The van der Waals surface area contributed by atoms with Crippen LogP contribution in [0.2, 0.25) is 0 Å². The molecule has 2 bridgehead atoms. The van der Waals surface area contributed by atoms with E-state index in [4.69, 9.17) is 10.5 Å². The first-order valence-electron chi connectivity index (χ1n) is 10.3. The van der Waals surface area contributed by atoms with Gasteiger partial charge in [-0.05, 0) is 37.3 Å². The zero-order valence-corrected chi connectivity index (χ0v) is 17.9. The fraction of sp³-hybridized carbons (Fsp3) is 0.167. The van der Waals surface area contributed by atoms with Crippen molar-refractivity contribution in [1.82, 2.24) is 19.3 Å². The van der Waals surface area contributed by atoms with Crippen LogP contribution < -0.4 is 16.0 Å². The molecule has 2 N–H and O–H groups in total. The lowest BCUT2D eigenvalue weighted by Gasteiger charge is -2.23. The highest BCUT2D eigenvalue weighted by Crippen LogP contribution is 2.36. The van der Waals surface area contributed by atoms with Gasteiger partial charge < -0.3 is 10.5 Å². The average Bonchev–Trinajstić information content (AvgIpc) is 3.09. The maximum absolute atomic E-state index is 14.3. The van der Waals surface area contributed by atoms with Crippen molar-refractivity contribution in [3.63, 3.8) is 0 Å². The summed E-state index contributed by atoms with van der Waals surface area (Å²) in [5.41, 5.74) is 9.53. The van der Waals surface area contributed by atoms with E-state index >= 15 is 0 Å². The fourth-order valence-corrected chi connectivity index (χ4v) is 4.24. The molecule has 33 heavy (non-hydrogen) atoms. The first-order valence-corrected chi connectivity index (χ1v) is 10.3. The van der Waals surface area contributed by atoms with Gasteiger partial charge in [0.1, 0.15) is 23.7 Å². The number of fused-ring (bicyclic) bond motifs is 7. The van der Waals surface area contributed by atoms with E-state index in [9.17, 15) is 14.4 Å². The molecule has 0 spiro atoms. The van der Waals surface area contributed by atoms with Crippen LogP contribution in [-0.4, -0.2) is 19.3 Å². The topological polar surface area (TPSA) is 112 Å². The largest absolute Gasteiger partial charge is 0.482 e. The molecule has 164 valence electrons. The molecular weight excluding hydrogens is 423 g/mol. The number of nitriles is 1. The highest BCUT2D eigenvalue weighted by atomic mass is 19.1. The van der Waals surface area contributed by atoms with Gasteiger partial charge in [0.05, 0.1) is 11.4 Å². The van der Waals surface area contributed by atoms with E-state index in [1.54, 1.807) is 38.4 Å². The van der Waals surface area contributed by atoms with Gasteiger partial charge in [0.2, 0.25) is 0 Å². The minimum atomic E-state index is -0.654. The number of aromatic nitrogens is 4. The number of nitrogens with two attached hydrogens (primary N) is 1. The molecule has 9 heteroatoms. The summed E-state index contributed by atoms with van der Waals surface area (Å²) in [6.07, 6.45) is 1.16. The Kier molecular flexibility index (Phi) is 4.71. The van der Waals surface area contributed by atoms with Crippen molar-refractivity contribution < 1.29 is 9.13 Å². The summed E-state index contributed by atoms with van der Waals surface area (Å²) in [6, 6.07) is 13.0. The fourth-order valence-electron chi connectivity index (χ4n) is 4.24. The number of rotatable bonds is 0. The van der Waals surface area contributed by atoms with Gasteiger partial charge in [0.25, 0.3) is 5.56 Å². The molecule has 0 amide bonds. The summed E-state index contributed by atoms with van der Waals surface area (Å²) in [4.78, 5) is 17.3. The molecule has 5 rings (SSSR count). The van der Waals surface area contributed by atoms with Crippen molar-refractivity contribution in [3.05, 3.63) is 87.5 Å². The molecule has 0 saturated heterocycles. The molecule has 0 saturated carbocycles. The second kappa shape index (κ2) is 7.60. The average molecular weight is 442 g/mol. The van der Waals surface area contributed by atoms with Crippen LogP contribution in [0.15, 0.2) is 53.5 Å². The molecule has 1 aliphatic rings. The number of hydrogen-bond donors (Lipinski definition) is 1. The second-order valence-corrected chi connectivity index (χ2v) is 7.84. The Hall–Kier alpha value is -4.45. The summed E-state index contributed by atoms with van der Waals surface area (Å²) in [7, 11) is 1.68. The SMILES string of the molecule is C[C@H]1Oc2cc(cnc2N)-c2c(nn(C)c2C#N)Cc2cccc(=O)n2-c2ccc(F)cc21. The summed E-state index contributed by atoms with van der Waals surface area (Å²) in [5.74, 6) is -0.00965. The maximum atomic E-state index is 14.3. The van der Waals surface area contributed by atoms with Gasteiger partial charge in [-0.2, -0.15) is 10.4 Å². The van der Waals surface area contributed by atoms with Crippen molar-refractivity contribution in [2.75, 3.05) is 5.73 Å². The molecule has 4 heterocycles. The monoisotopic (exact) mass is 442 g/mol. The molecular formula is C24H19FN6O2. The van der Waals surface area contributed by atoms with E-state index < -0.39 is 11.9 Å². The molecule has 0 aliphatic carbocycles. The van der Waals surface area contributed by atoms with Crippen LogP contribution in [0.1, 0.15) is 35.7 Å². The first-order chi connectivity index (χ1) is 15.9. The van der Waals surface area contributed by atoms with Gasteiger partial charge in [-0.25, -0.2) is 9.37 Å². The molecule has 4 aromatic rings. The van der Waals surface area contributed by atoms with Crippen LogP contribution in [0.25, 0.3) is 16.8 Å². The van der Waals surface area contributed by atoms with Crippen LogP contribution in [-0.2, 0) is 13.5 Å². The first kappa shape index (κ1) is 20.5. The van der Waals surface area contributed by atoms with Gasteiger partial charge in [-0.1, -0.05) is 6.07 Å². The number of anilines is 1. The van der Waals surface area contributed by atoms with E-state index in [1.807, 2.05) is 6.07 Å². The van der Waals surface area contributed by atoms with E-state index in [1.165, 1.54) is 27.4 Å². The van der Waals surface area contributed by atoms with E-state index in [0.29, 0.717) is 39.5 Å². The van der Waals surface area contributed by atoms with Crippen molar-refractivity contribution >= 4 is 5.82 Å². The van der Waals surface area contributed by atoms with Gasteiger partial charge in [0, 0.05) is 48.1 Å². The zero-order chi connectivity index (χ0) is 23.3. The van der Waals surface area contributed by atoms with Crippen LogP contribution in [0.3, 0.4) is 0 Å². The molecule has 0 fully saturated rings. The summed E-state index contributed by atoms with van der Waals surface area (Å²) < 4.78 is 23.4. The zero-order valence-electron chi connectivity index (χ0n) is 17.9. The normalized spacial score (nSPS) is 14.5. The minimum Gasteiger partial charge on any atom is -0.482 e. The van der Waals surface area contributed by atoms with Gasteiger partial charge in [-0.3, -0.25) is 14.0 Å². The lowest BCUT2D eigenvalue weighted by Crippen LogP contribution is -2.23. The molecule has 8 nitrogen and oxygen atoms in total. The van der Waals surface area contributed by atoms with Crippen LogP contribution >= 0.6 is 0 Å². The predicted molar refractivity (Wildman–Crippen MR) is 119 cm³/mol.